The largest absolute Gasteiger partial charge is 0.486 e. The Morgan fingerprint density at radius 3 is 2.46 bits per heavy atom. The Morgan fingerprint density at radius 2 is 1.77 bits per heavy atom. The van der Waals surface area contributed by atoms with Crippen LogP contribution in [0.5, 0.6) is 11.5 Å². The second-order valence-electron chi connectivity index (χ2n) is 9.05. The van der Waals surface area contributed by atoms with E-state index in [9.17, 15) is 18.4 Å². The van der Waals surface area contributed by atoms with Crippen LogP contribution in [-0.2, 0) is 16.0 Å². The van der Waals surface area contributed by atoms with Gasteiger partial charge in [-0.3, -0.25) is 9.59 Å². The molecule has 0 radical (unpaired) electrons. The van der Waals surface area contributed by atoms with Crippen LogP contribution in [0, 0.1) is 0 Å². The predicted octanol–water partition coefficient (Wildman–Crippen LogP) is 3.74. The average Bonchev–Trinajstić information content (AvgIpc) is 3.33. The molecule has 0 unspecified atom stereocenters. The summed E-state index contributed by atoms with van der Waals surface area (Å²) in [4.78, 5) is 27.9. The minimum atomic E-state index is -2.94. The van der Waals surface area contributed by atoms with Crippen molar-refractivity contribution < 1.29 is 27.8 Å². The summed E-state index contributed by atoms with van der Waals surface area (Å²) in [6.07, 6.45) is 4.15. The summed E-state index contributed by atoms with van der Waals surface area (Å²) >= 11 is 0. The summed E-state index contributed by atoms with van der Waals surface area (Å²) in [5.41, 5.74) is 7.15. The van der Waals surface area contributed by atoms with Gasteiger partial charge in [-0.2, -0.15) is 8.78 Å². The fourth-order valence-electron chi connectivity index (χ4n) is 4.89. The van der Waals surface area contributed by atoms with Crippen LogP contribution in [0.15, 0.2) is 48.5 Å². The first-order chi connectivity index (χ1) is 16.9. The SMILES string of the molecule is NC(=O)CC(=O)N1CCN(c2ccc(OC(F)F)c(OC3CCCC3)c2)C[C@@H]1Cc1ccccc1. The zero-order valence-electron chi connectivity index (χ0n) is 19.6. The predicted molar refractivity (Wildman–Crippen MR) is 128 cm³/mol. The van der Waals surface area contributed by atoms with E-state index >= 15 is 0 Å². The Morgan fingerprint density at radius 1 is 1.03 bits per heavy atom. The topological polar surface area (TPSA) is 85.1 Å². The number of benzene rings is 2. The highest BCUT2D eigenvalue weighted by Gasteiger charge is 2.32. The molecular formula is C26H31F2N3O4. The lowest BCUT2D eigenvalue weighted by atomic mass is 10.0. The van der Waals surface area contributed by atoms with Gasteiger partial charge >= 0.3 is 6.61 Å². The van der Waals surface area contributed by atoms with Crippen LogP contribution in [0.1, 0.15) is 37.7 Å². The van der Waals surface area contributed by atoms with Crippen LogP contribution in [0.2, 0.25) is 0 Å². The van der Waals surface area contributed by atoms with Crippen molar-refractivity contribution in [3.05, 3.63) is 54.1 Å². The van der Waals surface area contributed by atoms with E-state index in [1.807, 2.05) is 30.3 Å². The maximum atomic E-state index is 13.0. The van der Waals surface area contributed by atoms with Gasteiger partial charge in [0.25, 0.3) is 0 Å². The second kappa shape index (κ2) is 11.4. The molecule has 188 valence electrons. The number of primary amides is 1. The van der Waals surface area contributed by atoms with E-state index in [4.69, 9.17) is 15.2 Å². The number of ether oxygens (including phenoxy) is 2. The number of hydrogen-bond acceptors (Lipinski definition) is 5. The Balaban J connectivity index is 1.56. The first kappa shape index (κ1) is 24.8. The van der Waals surface area contributed by atoms with Crippen molar-refractivity contribution in [2.75, 3.05) is 24.5 Å². The summed E-state index contributed by atoms with van der Waals surface area (Å²) in [5, 5.41) is 0. The molecule has 1 aliphatic carbocycles. The number of hydrogen-bond donors (Lipinski definition) is 1. The van der Waals surface area contributed by atoms with Crippen LogP contribution < -0.4 is 20.1 Å². The average molecular weight is 488 g/mol. The standard InChI is InChI=1S/C26H31F2N3O4/c27-26(28)35-22-11-10-19(15-23(22)34-21-8-4-5-9-21)30-12-13-31(25(33)16-24(29)32)20(17-30)14-18-6-2-1-3-7-18/h1-3,6-7,10-11,15,20-21,26H,4-5,8-9,12-14,16-17H2,(H2,29,32)/t20-/m0/s1. The van der Waals surface area contributed by atoms with Crippen LogP contribution in [0.4, 0.5) is 14.5 Å². The summed E-state index contributed by atoms with van der Waals surface area (Å²) < 4.78 is 36.7. The van der Waals surface area contributed by atoms with Crippen molar-refractivity contribution in [3.63, 3.8) is 0 Å². The van der Waals surface area contributed by atoms with Crippen LogP contribution in [-0.4, -0.2) is 55.1 Å². The molecule has 2 aliphatic rings. The third kappa shape index (κ3) is 6.61. The molecule has 0 bridgehead atoms. The lowest BCUT2D eigenvalue weighted by molar-refractivity contribution is -0.137. The Hall–Kier alpha value is -3.36. The molecule has 1 aliphatic heterocycles. The number of nitrogens with zero attached hydrogens (tertiary/aromatic N) is 2. The van der Waals surface area contributed by atoms with E-state index in [0.29, 0.717) is 31.8 Å². The molecule has 1 saturated heterocycles. The van der Waals surface area contributed by atoms with Crippen molar-refractivity contribution in [1.82, 2.24) is 4.90 Å². The second-order valence-corrected chi connectivity index (χ2v) is 9.05. The zero-order valence-corrected chi connectivity index (χ0v) is 19.6. The van der Waals surface area contributed by atoms with Gasteiger partial charge in [0.05, 0.1) is 12.1 Å². The van der Waals surface area contributed by atoms with Gasteiger partial charge in [0.2, 0.25) is 11.8 Å². The van der Waals surface area contributed by atoms with Gasteiger partial charge in [-0.05, 0) is 49.8 Å². The molecule has 9 heteroatoms. The van der Waals surface area contributed by atoms with E-state index in [1.165, 1.54) is 6.07 Å². The normalized spacial score (nSPS) is 18.7. The number of carbonyl (C=O) groups is 2. The van der Waals surface area contributed by atoms with Gasteiger partial charge in [-0.25, -0.2) is 0 Å². The van der Waals surface area contributed by atoms with Crippen LogP contribution >= 0.6 is 0 Å². The maximum absolute atomic E-state index is 13.0. The Bertz CT molecular complexity index is 1010. The van der Waals surface area contributed by atoms with Crippen LogP contribution in [0.3, 0.4) is 0 Å². The molecule has 1 saturated carbocycles. The Kier molecular flexibility index (Phi) is 8.05. The van der Waals surface area contributed by atoms with E-state index < -0.39 is 12.5 Å². The van der Waals surface area contributed by atoms with Crippen molar-refractivity contribution in [3.8, 4) is 11.5 Å². The van der Waals surface area contributed by atoms with Gasteiger partial charge in [0, 0.05) is 31.4 Å². The molecule has 1 atom stereocenters. The zero-order chi connectivity index (χ0) is 24.8. The van der Waals surface area contributed by atoms with Crippen molar-refractivity contribution in [1.29, 1.82) is 0 Å². The van der Waals surface area contributed by atoms with Gasteiger partial charge < -0.3 is 25.0 Å². The van der Waals surface area contributed by atoms with E-state index in [1.54, 1.807) is 17.0 Å². The number of amides is 2. The molecule has 7 nitrogen and oxygen atoms in total. The molecule has 0 spiro atoms. The number of rotatable bonds is 9. The summed E-state index contributed by atoms with van der Waals surface area (Å²) in [5.74, 6) is -0.614. The number of alkyl halides is 2. The monoisotopic (exact) mass is 487 g/mol. The van der Waals surface area contributed by atoms with Gasteiger partial charge in [0.15, 0.2) is 11.5 Å². The molecular weight excluding hydrogens is 456 g/mol. The minimum absolute atomic E-state index is 0.0145. The molecule has 35 heavy (non-hydrogen) atoms. The minimum Gasteiger partial charge on any atom is -0.486 e. The van der Waals surface area contributed by atoms with Crippen LogP contribution in [0.25, 0.3) is 0 Å². The highest BCUT2D eigenvalue weighted by atomic mass is 19.3. The van der Waals surface area contributed by atoms with Crippen molar-refractivity contribution in [2.24, 2.45) is 5.73 Å². The third-order valence-electron chi connectivity index (χ3n) is 6.55. The lowest BCUT2D eigenvalue weighted by Gasteiger charge is -2.42. The maximum Gasteiger partial charge on any atom is 0.387 e. The molecule has 0 aromatic heterocycles. The van der Waals surface area contributed by atoms with E-state index in [2.05, 4.69) is 4.90 Å². The molecule has 2 aromatic rings. The fraction of sp³-hybridized carbons (Fsp3) is 0.462. The molecule has 2 fully saturated rings. The number of piperazine rings is 1. The quantitative estimate of drug-likeness (QED) is 0.545. The van der Waals surface area contributed by atoms with E-state index in [0.717, 1.165) is 36.9 Å². The van der Waals surface area contributed by atoms with Crippen molar-refractivity contribution in [2.45, 2.75) is 57.3 Å². The molecule has 2 N–H and O–H groups in total. The van der Waals surface area contributed by atoms with E-state index in [-0.39, 0.29) is 30.2 Å². The lowest BCUT2D eigenvalue weighted by Crippen LogP contribution is -2.56. The molecule has 1 heterocycles. The first-order valence-corrected chi connectivity index (χ1v) is 12.0. The highest BCUT2D eigenvalue weighted by molar-refractivity contribution is 5.96. The highest BCUT2D eigenvalue weighted by Crippen LogP contribution is 2.36. The fourth-order valence-corrected chi connectivity index (χ4v) is 4.89. The van der Waals surface area contributed by atoms with Crippen molar-refractivity contribution >= 4 is 17.5 Å². The number of carbonyl (C=O) groups excluding carboxylic acids is 2. The summed E-state index contributed by atoms with van der Waals surface area (Å²) in [6, 6.07) is 14.6. The summed E-state index contributed by atoms with van der Waals surface area (Å²) in [6.45, 7) is -1.50. The smallest absolute Gasteiger partial charge is 0.387 e. The first-order valence-electron chi connectivity index (χ1n) is 12.0. The Labute approximate surface area is 203 Å². The van der Waals surface area contributed by atoms with Gasteiger partial charge in [0.1, 0.15) is 6.42 Å². The molecule has 2 aromatic carbocycles. The summed E-state index contributed by atoms with van der Waals surface area (Å²) in [7, 11) is 0. The number of halogens is 2. The van der Waals surface area contributed by atoms with Gasteiger partial charge in [-0.1, -0.05) is 30.3 Å². The number of nitrogens with two attached hydrogens (primary N) is 1. The number of anilines is 1. The van der Waals surface area contributed by atoms with Gasteiger partial charge in [-0.15, -0.1) is 0 Å². The molecule has 2 amide bonds. The third-order valence-corrected chi connectivity index (χ3v) is 6.55. The molecule has 4 rings (SSSR count).